The van der Waals surface area contributed by atoms with Crippen LogP contribution in [0.1, 0.15) is 19.3 Å². The van der Waals surface area contributed by atoms with Gasteiger partial charge < -0.3 is 10.4 Å². The highest BCUT2D eigenvalue weighted by molar-refractivity contribution is 5.70. The minimum absolute atomic E-state index is 0.170. The van der Waals surface area contributed by atoms with Gasteiger partial charge in [0.1, 0.15) is 5.82 Å². The van der Waals surface area contributed by atoms with Gasteiger partial charge in [-0.1, -0.05) is 6.07 Å². The van der Waals surface area contributed by atoms with Crippen LogP contribution < -0.4 is 5.32 Å². The van der Waals surface area contributed by atoms with E-state index >= 15 is 0 Å². The lowest BCUT2D eigenvalue weighted by atomic mass is 10.2. The summed E-state index contributed by atoms with van der Waals surface area (Å²) in [5, 5.41) is 11.9. The van der Waals surface area contributed by atoms with E-state index in [1.807, 2.05) is 18.2 Å². The molecule has 1 saturated carbocycles. The molecule has 4 nitrogen and oxygen atoms in total. The van der Waals surface area contributed by atoms with Gasteiger partial charge in [-0.3, -0.25) is 4.79 Å². The number of aromatic nitrogens is 1. The molecule has 0 saturated heterocycles. The Labute approximate surface area is 82.0 Å². The third kappa shape index (κ3) is 2.02. The zero-order chi connectivity index (χ0) is 10.0. The SMILES string of the molecule is O=C(O)CC1(Nc2ccccn2)CC1. The molecule has 2 N–H and O–H groups in total. The van der Waals surface area contributed by atoms with E-state index in [0.29, 0.717) is 0 Å². The molecule has 1 fully saturated rings. The molecule has 1 aliphatic carbocycles. The molecule has 0 atom stereocenters. The Morgan fingerprint density at radius 3 is 2.86 bits per heavy atom. The van der Waals surface area contributed by atoms with Crippen molar-refractivity contribution in [2.45, 2.75) is 24.8 Å². The zero-order valence-electron chi connectivity index (χ0n) is 7.73. The van der Waals surface area contributed by atoms with Crippen LogP contribution in [0.2, 0.25) is 0 Å². The largest absolute Gasteiger partial charge is 0.481 e. The van der Waals surface area contributed by atoms with Gasteiger partial charge in [0.05, 0.1) is 6.42 Å². The van der Waals surface area contributed by atoms with E-state index in [9.17, 15) is 4.79 Å². The Morgan fingerprint density at radius 1 is 1.57 bits per heavy atom. The van der Waals surface area contributed by atoms with Gasteiger partial charge in [-0.15, -0.1) is 0 Å². The minimum Gasteiger partial charge on any atom is -0.481 e. The number of carbonyl (C=O) groups is 1. The second kappa shape index (κ2) is 3.29. The number of nitrogens with zero attached hydrogens (tertiary/aromatic N) is 1. The molecule has 1 aliphatic rings. The zero-order valence-corrected chi connectivity index (χ0v) is 7.73. The van der Waals surface area contributed by atoms with E-state index < -0.39 is 5.97 Å². The van der Waals surface area contributed by atoms with E-state index in [2.05, 4.69) is 10.3 Å². The summed E-state index contributed by atoms with van der Waals surface area (Å²) in [5.41, 5.74) is -0.236. The van der Waals surface area contributed by atoms with Crippen molar-refractivity contribution in [3.63, 3.8) is 0 Å². The molecule has 0 amide bonds. The normalized spacial score (nSPS) is 17.4. The van der Waals surface area contributed by atoms with Crippen molar-refractivity contribution in [3.8, 4) is 0 Å². The number of anilines is 1. The third-order valence-electron chi connectivity index (χ3n) is 2.40. The first-order chi connectivity index (χ1) is 6.70. The van der Waals surface area contributed by atoms with Gasteiger partial charge in [-0.05, 0) is 25.0 Å². The van der Waals surface area contributed by atoms with E-state index in [1.54, 1.807) is 6.20 Å². The van der Waals surface area contributed by atoms with Crippen LogP contribution in [0.3, 0.4) is 0 Å². The number of rotatable bonds is 4. The van der Waals surface area contributed by atoms with Crippen LogP contribution in [0.5, 0.6) is 0 Å². The summed E-state index contributed by atoms with van der Waals surface area (Å²) in [6, 6.07) is 5.57. The van der Waals surface area contributed by atoms with Gasteiger partial charge in [0.25, 0.3) is 0 Å². The number of carboxylic acids is 1. The first-order valence-electron chi connectivity index (χ1n) is 4.61. The Kier molecular flexibility index (Phi) is 2.11. The maximum absolute atomic E-state index is 10.6. The van der Waals surface area contributed by atoms with Gasteiger partial charge in [0.15, 0.2) is 0 Å². The second-order valence-corrected chi connectivity index (χ2v) is 3.69. The highest BCUT2D eigenvalue weighted by atomic mass is 16.4. The predicted molar refractivity (Wildman–Crippen MR) is 52.1 cm³/mol. The van der Waals surface area contributed by atoms with Crippen molar-refractivity contribution in [1.82, 2.24) is 4.98 Å². The van der Waals surface area contributed by atoms with Gasteiger partial charge >= 0.3 is 5.97 Å². The van der Waals surface area contributed by atoms with Crippen molar-refractivity contribution < 1.29 is 9.90 Å². The first kappa shape index (κ1) is 8.99. The number of aliphatic carboxylic acids is 1. The smallest absolute Gasteiger partial charge is 0.305 e. The summed E-state index contributed by atoms with van der Waals surface area (Å²) in [6.07, 6.45) is 3.69. The molecule has 74 valence electrons. The van der Waals surface area contributed by atoms with E-state index in [4.69, 9.17) is 5.11 Å². The summed E-state index contributed by atoms with van der Waals surface area (Å²) in [5.74, 6) is -0.00261. The molecule has 0 aliphatic heterocycles. The number of carboxylic acid groups (broad SMARTS) is 1. The summed E-state index contributed by atoms with van der Waals surface area (Å²) in [6.45, 7) is 0. The molecule has 0 bridgehead atoms. The predicted octanol–water partition coefficient (Wildman–Crippen LogP) is 1.50. The van der Waals surface area contributed by atoms with Crippen LogP contribution in [0.15, 0.2) is 24.4 Å². The summed E-state index contributed by atoms with van der Waals surface area (Å²) in [7, 11) is 0. The van der Waals surface area contributed by atoms with E-state index in [-0.39, 0.29) is 12.0 Å². The number of hydrogen-bond acceptors (Lipinski definition) is 3. The average Bonchev–Trinajstić information content (AvgIpc) is 2.85. The molecule has 0 aromatic carbocycles. The minimum atomic E-state index is -0.758. The molecule has 1 aromatic heterocycles. The lowest BCUT2D eigenvalue weighted by Crippen LogP contribution is -2.25. The molecule has 0 radical (unpaired) electrons. The van der Waals surface area contributed by atoms with E-state index in [0.717, 1.165) is 18.7 Å². The van der Waals surface area contributed by atoms with Gasteiger partial charge in [0, 0.05) is 11.7 Å². The lowest BCUT2D eigenvalue weighted by molar-refractivity contribution is -0.137. The molecule has 0 unspecified atom stereocenters. The van der Waals surface area contributed by atoms with Crippen LogP contribution in [0, 0.1) is 0 Å². The van der Waals surface area contributed by atoms with Crippen LogP contribution in [-0.4, -0.2) is 21.6 Å². The molecule has 1 aromatic rings. The van der Waals surface area contributed by atoms with Crippen molar-refractivity contribution >= 4 is 11.8 Å². The first-order valence-corrected chi connectivity index (χ1v) is 4.61. The Hall–Kier alpha value is -1.58. The fourth-order valence-electron chi connectivity index (χ4n) is 1.49. The lowest BCUT2D eigenvalue weighted by Gasteiger charge is -2.15. The third-order valence-corrected chi connectivity index (χ3v) is 2.40. The molecule has 4 heteroatoms. The second-order valence-electron chi connectivity index (χ2n) is 3.69. The average molecular weight is 192 g/mol. The standard InChI is InChI=1S/C10H12N2O2/c13-9(14)7-10(4-5-10)12-8-3-1-2-6-11-8/h1-3,6H,4-5,7H2,(H,11,12)(H,13,14). The molecule has 14 heavy (non-hydrogen) atoms. The summed E-state index contributed by atoms with van der Waals surface area (Å²) in [4.78, 5) is 14.7. The fourth-order valence-corrected chi connectivity index (χ4v) is 1.49. The number of hydrogen-bond donors (Lipinski definition) is 2. The highest BCUT2D eigenvalue weighted by Gasteiger charge is 2.44. The molecule has 1 heterocycles. The quantitative estimate of drug-likeness (QED) is 0.758. The number of nitrogens with one attached hydrogen (secondary N) is 1. The Morgan fingerprint density at radius 2 is 2.36 bits per heavy atom. The maximum atomic E-state index is 10.6. The van der Waals surface area contributed by atoms with Crippen molar-refractivity contribution in [2.24, 2.45) is 0 Å². The fraction of sp³-hybridized carbons (Fsp3) is 0.400. The maximum Gasteiger partial charge on any atom is 0.305 e. The van der Waals surface area contributed by atoms with Crippen LogP contribution in [-0.2, 0) is 4.79 Å². The van der Waals surface area contributed by atoms with Gasteiger partial charge in [-0.25, -0.2) is 4.98 Å². The molecule has 2 rings (SSSR count). The Bertz CT molecular complexity index is 333. The molecular weight excluding hydrogens is 180 g/mol. The van der Waals surface area contributed by atoms with E-state index in [1.165, 1.54) is 0 Å². The van der Waals surface area contributed by atoms with Crippen molar-refractivity contribution in [3.05, 3.63) is 24.4 Å². The number of pyridine rings is 1. The van der Waals surface area contributed by atoms with Crippen LogP contribution in [0.4, 0.5) is 5.82 Å². The van der Waals surface area contributed by atoms with Crippen molar-refractivity contribution in [1.29, 1.82) is 0 Å². The Balaban J connectivity index is 2.01. The summed E-state index contributed by atoms with van der Waals surface area (Å²) >= 11 is 0. The van der Waals surface area contributed by atoms with Crippen LogP contribution >= 0.6 is 0 Å². The monoisotopic (exact) mass is 192 g/mol. The summed E-state index contributed by atoms with van der Waals surface area (Å²) < 4.78 is 0. The highest BCUT2D eigenvalue weighted by Crippen LogP contribution is 2.41. The molecular formula is C10H12N2O2. The van der Waals surface area contributed by atoms with Crippen molar-refractivity contribution in [2.75, 3.05) is 5.32 Å². The van der Waals surface area contributed by atoms with Gasteiger partial charge in [0.2, 0.25) is 0 Å². The topological polar surface area (TPSA) is 62.2 Å². The van der Waals surface area contributed by atoms with Crippen LogP contribution in [0.25, 0.3) is 0 Å². The molecule has 0 spiro atoms. The van der Waals surface area contributed by atoms with Gasteiger partial charge in [-0.2, -0.15) is 0 Å².